The van der Waals surface area contributed by atoms with Gasteiger partial charge in [-0.1, -0.05) is 11.2 Å². The highest BCUT2D eigenvalue weighted by Crippen LogP contribution is 2.31. The molecule has 158 valence electrons. The third-order valence-corrected chi connectivity index (χ3v) is 6.37. The average molecular weight is 435 g/mol. The molecule has 4 aromatic rings. The highest BCUT2D eigenvalue weighted by atomic mass is 32.1. The van der Waals surface area contributed by atoms with Gasteiger partial charge in [0.2, 0.25) is 0 Å². The number of amides is 1. The number of aromatic nitrogens is 3. The zero-order chi connectivity index (χ0) is 21.2. The number of thiazole rings is 1. The van der Waals surface area contributed by atoms with E-state index in [1.165, 1.54) is 0 Å². The maximum Gasteiger partial charge on any atom is 0.276 e. The Hall–Kier alpha value is -3.26. The first-order valence-corrected chi connectivity index (χ1v) is 11.2. The lowest BCUT2D eigenvalue weighted by Gasteiger charge is -2.34. The number of nitrogens with zero attached hydrogens (tertiary/aromatic N) is 4. The molecule has 8 heteroatoms. The van der Waals surface area contributed by atoms with Crippen LogP contribution in [0.15, 0.2) is 53.2 Å². The third-order valence-electron chi connectivity index (χ3n) is 5.42. The van der Waals surface area contributed by atoms with Gasteiger partial charge in [-0.3, -0.25) is 9.78 Å². The molecule has 0 saturated carbocycles. The lowest BCUT2D eigenvalue weighted by Crippen LogP contribution is -2.39. The number of carbonyl (C=O) groups is 1. The van der Waals surface area contributed by atoms with Gasteiger partial charge in [-0.25, -0.2) is 4.98 Å². The van der Waals surface area contributed by atoms with E-state index in [0.29, 0.717) is 23.7 Å². The molecule has 5 rings (SSSR count). The van der Waals surface area contributed by atoms with E-state index in [1.54, 1.807) is 23.6 Å². The summed E-state index contributed by atoms with van der Waals surface area (Å²) in [5, 5.41) is 5.03. The number of fused-ring (bicyclic) bond motifs is 1. The van der Waals surface area contributed by atoms with Crippen LogP contribution in [-0.4, -0.2) is 32.5 Å². The van der Waals surface area contributed by atoms with Crippen molar-refractivity contribution >= 4 is 27.5 Å². The molecule has 0 spiro atoms. The Labute approximate surface area is 183 Å². The summed E-state index contributed by atoms with van der Waals surface area (Å²) in [5.41, 5.74) is 2.13. The minimum atomic E-state index is -0.135. The Morgan fingerprint density at radius 3 is 3.06 bits per heavy atom. The predicted molar refractivity (Wildman–Crippen MR) is 117 cm³/mol. The summed E-state index contributed by atoms with van der Waals surface area (Å²) in [6.07, 6.45) is 4.71. The van der Waals surface area contributed by atoms with E-state index >= 15 is 0 Å². The van der Waals surface area contributed by atoms with Crippen LogP contribution in [0.5, 0.6) is 5.75 Å². The van der Waals surface area contributed by atoms with E-state index in [2.05, 4.69) is 15.1 Å². The Bertz CT molecular complexity index is 1200. The van der Waals surface area contributed by atoms with Crippen LogP contribution < -0.4 is 4.74 Å². The van der Waals surface area contributed by atoms with E-state index in [4.69, 9.17) is 9.26 Å². The van der Waals surface area contributed by atoms with Crippen molar-refractivity contribution in [2.75, 3.05) is 6.54 Å². The maximum absolute atomic E-state index is 13.1. The topological polar surface area (TPSA) is 81.4 Å². The zero-order valence-electron chi connectivity index (χ0n) is 17.2. The number of hydrogen-bond donors (Lipinski definition) is 0. The van der Waals surface area contributed by atoms with Crippen LogP contribution in [0.4, 0.5) is 0 Å². The van der Waals surface area contributed by atoms with Gasteiger partial charge in [0.25, 0.3) is 5.91 Å². The minimum absolute atomic E-state index is 0.0351. The standard InChI is InChI=1S/C23H22N4O3S/c1-15-25-19-12-16(8-9-22(19)31-15)29-14-17-13-20(26-30-17)23(28)27-11-5-3-7-21(27)18-6-2-4-10-24-18/h2,4,6,8-10,12-13,21H,3,5,7,11,14H2,1H3/t21-/m0/s1. The summed E-state index contributed by atoms with van der Waals surface area (Å²) in [7, 11) is 0. The number of hydrogen-bond acceptors (Lipinski definition) is 7. The molecule has 1 aliphatic heterocycles. The summed E-state index contributed by atoms with van der Waals surface area (Å²) in [6, 6.07) is 13.3. The van der Waals surface area contributed by atoms with Gasteiger partial charge >= 0.3 is 0 Å². The Kier molecular flexibility index (Phi) is 5.38. The average Bonchev–Trinajstić information content (AvgIpc) is 3.43. The first-order valence-electron chi connectivity index (χ1n) is 10.3. The number of piperidine rings is 1. The van der Waals surface area contributed by atoms with Crippen molar-refractivity contribution in [2.24, 2.45) is 0 Å². The summed E-state index contributed by atoms with van der Waals surface area (Å²) >= 11 is 1.65. The van der Waals surface area contributed by atoms with Crippen LogP contribution >= 0.6 is 11.3 Å². The number of aryl methyl sites for hydroxylation is 1. The second-order valence-corrected chi connectivity index (χ2v) is 8.83. The predicted octanol–water partition coefficient (Wildman–Crippen LogP) is 4.93. The number of likely N-dealkylation sites (tertiary alicyclic amines) is 1. The molecular formula is C23H22N4O3S. The Balaban J connectivity index is 1.28. The quantitative estimate of drug-likeness (QED) is 0.443. The van der Waals surface area contributed by atoms with Crippen LogP contribution in [0.1, 0.15) is 52.3 Å². The largest absolute Gasteiger partial charge is 0.485 e. The van der Waals surface area contributed by atoms with E-state index in [0.717, 1.165) is 40.2 Å². The van der Waals surface area contributed by atoms with E-state index in [1.807, 2.05) is 48.2 Å². The molecule has 1 atom stereocenters. The van der Waals surface area contributed by atoms with Gasteiger partial charge in [0.1, 0.15) is 12.4 Å². The van der Waals surface area contributed by atoms with Gasteiger partial charge in [-0.05, 0) is 50.5 Å². The first kappa shape index (κ1) is 19.7. The monoisotopic (exact) mass is 434 g/mol. The van der Waals surface area contributed by atoms with Gasteiger partial charge in [-0.2, -0.15) is 0 Å². The summed E-state index contributed by atoms with van der Waals surface area (Å²) in [6.45, 7) is 2.86. The summed E-state index contributed by atoms with van der Waals surface area (Å²) < 4.78 is 12.3. The second kappa shape index (κ2) is 8.47. The first-order chi connectivity index (χ1) is 15.2. The number of carbonyl (C=O) groups excluding carboxylic acids is 1. The van der Waals surface area contributed by atoms with Gasteiger partial charge in [0.15, 0.2) is 11.5 Å². The highest BCUT2D eigenvalue weighted by molar-refractivity contribution is 7.18. The molecule has 1 saturated heterocycles. The van der Waals surface area contributed by atoms with Crippen molar-refractivity contribution in [3.63, 3.8) is 0 Å². The van der Waals surface area contributed by atoms with Crippen LogP contribution in [0.25, 0.3) is 10.2 Å². The molecule has 7 nitrogen and oxygen atoms in total. The number of pyridine rings is 1. The smallest absolute Gasteiger partial charge is 0.276 e. The number of rotatable bonds is 5. The van der Waals surface area contributed by atoms with Crippen LogP contribution in [-0.2, 0) is 6.61 Å². The lowest BCUT2D eigenvalue weighted by atomic mass is 9.98. The third kappa shape index (κ3) is 4.16. The molecule has 3 aromatic heterocycles. The molecule has 0 aliphatic carbocycles. The van der Waals surface area contributed by atoms with Gasteiger partial charge in [-0.15, -0.1) is 11.3 Å². The van der Waals surface area contributed by atoms with Gasteiger partial charge in [0.05, 0.1) is 27.0 Å². The molecule has 1 amide bonds. The van der Waals surface area contributed by atoms with Crippen LogP contribution in [0.2, 0.25) is 0 Å². The Morgan fingerprint density at radius 2 is 2.19 bits per heavy atom. The van der Waals surface area contributed by atoms with Crippen molar-refractivity contribution in [3.8, 4) is 5.75 Å². The zero-order valence-corrected chi connectivity index (χ0v) is 18.0. The molecule has 0 bridgehead atoms. The highest BCUT2D eigenvalue weighted by Gasteiger charge is 2.31. The lowest BCUT2D eigenvalue weighted by molar-refractivity contribution is 0.0595. The van der Waals surface area contributed by atoms with Crippen molar-refractivity contribution in [1.29, 1.82) is 0 Å². The van der Waals surface area contributed by atoms with E-state index in [9.17, 15) is 4.79 Å². The van der Waals surface area contributed by atoms with Crippen LogP contribution in [0.3, 0.4) is 0 Å². The molecule has 4 heterocycles. The fourth-order valence-electron chi connectivity index (χ4n) is 3.95. The number of benzene rings is 1. The fourth-order valence-corrected chi connectivity index (χ4v) is 4.76. The molecule has 0 radical (unpaired) electrons. The number of ether oxygens (including phenoxy) is 1. The van der Waals surface area contributed by atoms with Crippen molar-refractivity contribution in [1.82, 2.24) is 20.0 Å². The van der Waals surface area contributed by atoms with Crippen LogP contribution in [0, 0.1) is 6.92 Å². The fraction of sp³-hybridized carbons (Fsp3) is 0.304. The molecule has 1 aromatic carbocycles. The molecular weight excluding hydrogens is 412 g/mol. The van der Waals surface area contributed by atoms with Gasteiger partial charge < -0.3 is 14.2 Å². The van der Waals surface area contributed by atoms with Crippen molar-refractivity contribution in [2.45, 2.75) is 38.8 Å². The summed E-state index contributed by atoms with van der Waals surface area (Å²) in [5.74, 6) is 1.07. The van der Waals surface area contributed by atoms with E-state index < -0.39 is 0 Å². The SMILES string of the molecule is Cc1nc2cc(OCc3cc(C(=O)N4CCCC[C@H]4c4ccccn4)no3)ccc2s1. The molecule has 0 unspecified atom stereocenters. The summed E-state index contributed by atoms with van der Waals surface area (Å²) in [4.78, 5) is 23.9. The van der Waals surface area contributed by atoms with Crippen molar-refractivity contribution < 1.29 is 14.1 Å². The normalized spacial score (nSPS) is 16.5. The molecule has 31 heavy (non-hydrogen) atoms. The van der Waals surface area contributed by atoms with Gasteiger partial charge in [0, 0.05) is 24.9 Å². The maximum atomic E-state index is 13.1. The molecule has 1 fully saturated rings. The van der Waals surface area contributed by atoms with E-state index in [-0.39, 0.29) is 18.6 Å². The second-order valence-electron chi connectivity index (χ2n) is 7.59. The Morgan fingerprint density at radius 1 is 1.26 bits per heavy atom. The molecule has 0 N–H and O–H groups in total. The minimum Gasteiger partial charge on any atom is -0.485 e. The molecule has 1 aliphatic rings. The van der Waals surface area contributed by atoms with Crippen molar-refractivity contribution in [3.05, 3.63) is 70.8 Å².